The summed E-state index contributed by atoms with van der Waals surface area (Å²) in [4.78, 5) is 14.3. The number of nitriles is 1. The van der Waals surface area contributed by atoms with E-state index < -0.39 is 5.56 Å². The van der Waals surface area contributed by atoms with Crippen LogP contribution >= 0.6 is 0 Å². The van der Waals surface area contributed by atoms with Gasteiger partial charge in [0.25, 0.3) is 5.56 Å². The molecule has 6 nitrogen and oxygen atoms in total. The molecule has 6 heteroatoms. The molecule has 0 atom stereocenters. The van der Waals surface area contributed by atoms with Gasteiger partial charge in [-0.2, -0.15) is 5.26 Å². The van der Waals surface area contributed by atoms with E-state index in [1.54, 1.807) is 18.2 Å². The molecule has 2 heterocycles. The first-order valence-electron chi connectivity index (χ1n) is 4.37. The molecular formula is C10H5N5O. The van der Waals surface area contributed by atoms with Crippen molar-refractivity contribution in [3.63, 3.8) is 0 Å². The first-order chi connectivity index (χ1) is 7.77. The normalized spacial score (nSPS) is 9.44. The maximum absolute atomic E-state index is 11.8. The van der Waals surface area contributed by atoms with E-state index in [1.165, 1.54) is 16.7 Å². The molecule has 0 spiro atoms. The Kier molecular flexibility index (Phi) is 2.30. The summed E-state index contributed by atoms with van der Waals surface area (Å²) < 4.78 is 1.28. The van der Waals surface area contributed by atoms with Crippen molar-refractivity contribution in [2.24, 2.45) is 5.11 Å². The molecule has 0 saturated carbocycles. The molecule has 76 valence electrons. The zero-order chi connectivity index (χ0) is 11.5. The van der Waals surface area contributed by atoms with Crippen molar-refractivity contribution in [1.29, 1.82) is 5.26 Å². The first kappa shape index (κ1) is 9.77. The predicted octanol–water partition coefficient (Wildman–Crippen LogP) is 2.11. The number of rotatable bonds is 1. The molecule has 0 fully saturated rings. The third-order valence-electron chi connectivity index (χ3n) is 2.13. The average molecular weight is 211 g/mol. The lowest BCUT2D eigenvalue weighted by Crippen LogP contribution is -2.13. The first-order valence-corrected chi connectivity index (χ1v) is 4.37. The van der Waals surface area contributed by atoms with Gasteiger partial charge in [0.05, 0.1) is 11.1 Å². The zero-order valence-electron chi connectivity index (χ0n) is 8.03. The van der Waals surface area contributed by atoms with E-state index in [1.807, 2.05) is 6.07 Å². The molecular weight excluding hydrogens is 206 g/mol. The summed E-state index contributed by atoms with van der Waals surface area (Å²) in [5.74, 6) is 0. The van der Waals surface area contributed by atoms with E-state index in [4.69, 9.17) is 10.8 Å². The monoisotopic (exact) mass is 211 g/mol. The highest BCUT2D eigenvalue weighted by Crippen LogP contribution is 2.14. The molecule has 0 N–H and O–H groups in total. The summed E-state index contributed by atoms with van der Waals surface area (Å²) in [7, 11) is 0. The highest BCUT2D eigenvalue weighted by Gasteiger charge is 2.06. The van der Waals surface area contributed by atoms with Crippen LogP contribution in [0.15, 0.2) is 40.4 Å². The topological polar surface area (TPSA) is 94.0 Å². The largest absolute Gasteiger partial charge is 0.283 e. The van der Waals surface area contributed by atoms with Gasteiger partial charge in [-0.1, -0.05) is 11.2 Å². The third-order valence-corrected chi connectivity index (χ3v) is 2.13. The summed E-state index contributed by atoms with van der Waals surface area (Å²) in [5, 5.41) is 12.2. The number of azide groups is 1. The molecule has 0 radical (unpaired) electrons. The Morgan fingerprint density at radius 2 is 2.31 bits per heavy atom. The lowest BCUT2D eigenvalue weighted by atomic mass is 10.2. The lowest BCUT2D eigenvalue weighted by molar-refractivity contribution is 1.08. The second kappa shape index (κ2) is 3.77. The van der Waals surface area contributed by atoms with Crippen LogP contribution in [0.25, 0.3) is 16.0 Å². The van der Waals surface area contributed by atoms with Crippen LogP contribution < -0.4 is 5.56 Å². The van der Waals surface area contributed by atoms with Gasteiger partial charge in [0, 0.05) is 11.1 Å². The summed E-state index contributed by atoms with van der Waals surface area (Å²) in [6, 6.07) is 8.28. The number of hydrogen-bond donors (Lipinski definition) is 0. The SMILES string of the molecule is N#Cc1cc(N=[N+]=[N-])c(=O)n2ccccc12. The van der Waals surface area contributed by atoms with Gasteiger partial charge in [0.2, 0.25) is 0 Å². The van der Waals surface area contributed by atoms with Crippen molar-refractivity contribution in [3.05, 3.63) is 56.8 Å². The number of pyridine rings is 2. The lowest BCUT2D eigenvalue weighted by Gasteiger charge is -2.02. The molecule has 2 aromatic rings. The minimum atomic E-state index is -0.438. The van der Waals surface area contributed by atoms with Gasteiger partial charge in [0.1, 0.15) is 11.8 Å². The van der Waals surface area contributed by atoms with E-state index in [0.717, 1.165) is 0 Å². The fourth-order valence-electron chi connectivity index (χ4n) is 1.44. The van der Waals surface area contributed by atoms with Gasteiger partial charge in [-0.05, 0) is 23.7 Å². The van der Waals surface area contributed by atoms with Gasteiger partial charge in [-0.15, -0.1) is 0 Å². The van der Waals surface area contributed by atoms with E-state index >= 15 is 0 Å². The molecule has 0 aliphatic rings. The molecule has 0 aliphatic heterocycles. The number of nitrogens with zero attached hydrogens (tertiary/aromatic N) is 5. The van der Waals surface area contributed by atoms with Crippen LogP contribution in [0.5, 0.6) is 0 Å². The fraction of sp³-hybridized carbons (Fsp3) is 0. The quantitative estimate of drug-likeness (QED) is 0.410. The Bertz CT molecular complexity index is 703. The minimum absolute atomic E-state index is 0.0808. The van der Waals surface area contributed by atoms with Gasteiger partial charge >= 0.3 is 0 Å². The molecule has 0 aromatic carbocycles. The van der Waals surface area contributed by atoms with Crippen LogP contribution in [-0.2, 0) is 0 Å². The highest BCUT2D eigenvalue weighted by molar-refractivity contribution is 5.64. The molecule has 2 rings (SSSR count). The van der Waals surface area contributed by atoms with Crippen LogP contribution in [-0.4, -0.2) is 4.40 Å². The molecule has 0 saturated heterocycles. The Morgan fingerprint density at radius 3 is 3.00 bits per heavy atom. The van der Waals surface area contributed by atoms with Crippen molar-refractivity contribution in [2.45, 2.75) is 0 Å². The zero-order valence-corrected chi connectivity index (χ0v) is 8.03. The van der Waals surface area contributed by atoms with Gasteiger partial charge in [-0.25, -0.2) is 0 Å². The van der Waals surface area contributed by atoms with Crippen LogP contribution in [0.4, 0.5) is 5.69 Å². The fourth-order valence-corrected chi connectivity index (χ4v) is 1.44. The van der Waals surface area contributed by atoms with E-state index in [-0.39, 0.29) is 5.69 Å². The van der Waals surface area contributed by atoms with Crippen LogP contribution in [0, 0.1) is 11.3 Å². The Hall–Kier alpha value is -2.77. The second-order valence-electron chi connectivity index (χ2n) is 3.01. The van der Waals surface area contributed by atoms with Crippen molar-refractivity contribution < 1.29 is 0 Å². The van der Waals surface area contributed by atoms with E-state index in [9.17, 15) is 4.79 Å². The van der Waals surface area contributed by atoms with Crippen LogP contribution in [0.2, 0.25) is 0 Å². The van der Waals surface area contributed by atoms with Crippen LogP contribution in [0.3, 0.4) is 0 Å². The second-order valence-corrected chi connectivity index (χ2v) is 3.01. The number of aromatic nitrogens is 1. The van der Waals surface area contributed by atoms with Gasteiger partial charge in [-0.3, -0.25) is 9.20 Å². The molecule has 0 unspecified atom stereocenters. The number of hydrogen-bond acceptors (Lipinski definition) is 3. The molecule has 0 aliphatic carbocycles. The Morgan fingerprint density at radius 1 is 1.50 bits per heavy atom. The van der Waals surface area contributed by atoms with E-state index in [0.29, 0.717) is 11.1 Å². The van der Waals surface area contributed by atoms with E-state index in [2.05, 4.69) is 10.0 Å². The molecule has 0 bridgehead atoms. The summed E-state index contributed by atoms with van der Waals surface area (Å²) in [6.45, 7) is 0. The highest BCUT2D eigenvalue weighted by atomic mass is 16.1. The van der Waals surface area contributed by atoms with Crippen LogP contribution in [0.1, 0.15) is 5.56 Å². The van der Waals surface area contributed by atoms with Gasteiger partial charge in [0.15, 0.2) is 0 Å². The Labute approximate surface area is 89.6 Å². The smallest absolute Gasteiger partial charge is 0.264 e. The van der Waals surface area contributed by atoms with Crippen molar-refractivity contribution in [2.75, 3.05) is 0 Å². The minimum Gasteiger partial charge on any atom is -0.283 e. The molecule has 16 heavy (non-hydrogen) atoms. The molecule has 0 amide bonds. The molecule has 2 aromatic heterocycles. The van der Waals surface area contributed by atoms with Gasteiger partial charge < -0.3 is 0 Å². The summed E-state index contributed by atoms with van der Waals surface area (Å²) in [5.41, 5.74) is 8.58. The number of fused-ring (bicyclic) bond motifs is 1. The van der Waals surface area contributed by atoms with Crippen molar-refractivity contribution >= 4 is 11.2 Å². The predicted molar refractivity (Wildman–Crippen MR) is 57.2 cm³/mol. The maximum atomic E-state index is 11.8. The Balaban J connectivity index is 3.01. The summed E-state index contributed by atoms with van der Waals surface area (Å²) in [6.07, 6.45) is 1.52. The summed E-state index contributed by atoms with van der Waals surface area (Å²) >= 11 is 0. The third kappa shape index (κ3) is 1.38. The van der Waals surface area contributed by atoms with Crippen molar-refractivity contribution in [3.8, 4) is 6.07 Å². The maximum Gasteiger partial charge on any atom is 0.264 e. The van der Waals surface area contributed by atoms with Crippen molar-refractivity contribution in [1.82, 2.24) is 4.40 Å². The average Bonchev–Trinajstić information content (AvgIpc) is 2.33. The standard InChI is InChI=1S/C10H5N5O/c11-6-7-5-8(13-14-12)10(16)15-4-2-1-3-9(7)15/h1-5H.